The molecule has 2 aliphatic heterocycles. The van der Waals surface area contributed by atoms with Crippen LogP contribution < -0.4 is 4.90 Å². The fraction of sp³-hybridized carbons (Fsp3) is 0.615. The van der Waals surface area contributed by atoms with E-state index in [9.17, 15) is 9.90 Å². The first kappa shape index (κ1) is 21.5. The molecule has 6 heteroatoms. The molecule has 0 bridgehead atoms. The average Bonchev–Trinajstić information content (AvgIpc) is 3.11. The normalized spacial score (nSPS) is 37.2. The van der Waals surface area contributed by atoms with E-state index >= 15 is 0 Å². The van der Waals surface area contributed by atoms with E-state index in [0.29, 0.717) is 18.0 Å². The second-order valence-corrected chi connectivity index (χ2v) is 10.2. The molecule has 0 spiro atoms. The number of esters is 1. The van der Waals surface area contributed by atoms with Gasteiger partial charge in [0, 0.05) is 56.2 Å². The van der Waals surface area contributed by atoms with Crippen molar-refractivity contribution in [3.05, 3.63) is 41.5 Å². The van der Waals surface area contributed by atoms with Gasteiger partial charge < -0.3 is 14.7 Å². The van der Waals surface area contributed by atoms with Gasteiger partial charge in [-0.2, -0.15) is 5.26 Å². The predicted molar refractivity (Wildman–Crippen MR) is 122 cm³/mol. The zero-order chi connectivity index (χ0) is 22.5. The lowest BCUT2D eigenvalue weighted by atomic mass is 9.55. The predicted octanol–water partition coefficient (Wildman–Crippen LogP) is 2.97. The quantitative estimate of drug-likeness (QED) is 0.581. The Morgan fingerprint density at radius 1 is 1.22 bits per heavy atom. The number of benzene rings is 1. The summed E-state index contributed by atoms with van der Waals surface area (Å²) < 4.78 is 5.83. The van der Waals surface area contributed by atoms with E-state index in [-0.39, 0.29) is 29.3 Å². The number of aliphatic hydroxyl groups excluding tert-OH is 1. The molecule has 2 aliphatic carbocycles. The molecule has 1 saturated carbocycles. The Morgan fingerprint density at radius 3 is 2.62 bits per heavy atom. The Hall–Kier alpha value is -2.36. The summed E-state index contributed by atoms with van der Waals surface area (Å²) in [6.45, 7) is 8.59. The Kier molecular flexibility index (Phi) is 5.51. The summed E-state index contributed by atoms with van der Waals surface area (Å²) in [5.41, 5.74) is 2.84. The fourth-order valence-corrected chi connectivity index (χ4v) is 6.49. The molecule has 0 unspecified atom stereocenters. The number of carbonyl (C=O) groups excluding carboxylic acids is 1. The SMILES string of the molecule is C[C@H]1CCC=C2C[C@H]3OC(=O)[C@@H](CN4CCN(c5ccc(C#N)cc5)CC4)[C@H]3[C@H](O)[C@@]21C. The molecule has 1 aromatic carbocycles. The molecule has 6 atom stereocenters. The molecule has 170 valence electrons. The molecule has 3 fully saturated rings. The highest BCUT2D eigenvalue weighted by atomic mass is 16.6. The van der Waals surface area contributed by atoms with Crippen molar-refractivity contribution in [2.24, 2.45) is 23.2 Å². The fourth-order valence-electron chi connectivity index (χ4n) is 6.49. The van der Waals surface area contributed by atoms with E-state index in [1.54, 1.807) is 0 Å². The van der Waals surface area contributed by atoms with Crippen LogP contribution in [0.15, 0.2) is 35.9 Å². The van der Waals surface area contributed by atoms with Crippen LogP contribution in [0.5, 0.6) is 0 Å². The molecule has 4 aliphatic rings. The van der Waals surface area contributed by atoms with Gasteiger partial charge in [-0.05, 0) is 43.0 Å². The zero-order valence-electron chi connectivity index (χ0n) is 19.0. The largest absolute Gasteiger partial charge is 0.461 e. The number of anilines is 1. The van der Waals surface area contributed by atoms with Gasteiger partial charge >= 0.3 is 5.97 Å². The second-order valence-electron chi connectivity index (χ2n) is 10.2. The number of piperazine rings is 1. The number of nitriles is 1. The molecule has 5 rings (SSSR count). The number of aliphatic hydroxyl groups is 1. The number of hydrogen-bond donors (Lipinski definition) is 1. The first-order valence-electron chi connectivity index (χ1n) is 12.0. The van der Waals surface area contributed by atoms with Gasteiger partial charge in [0.15, 0.2) is 0 Å². The number of nitrogens with zero attached hydrogens (tertiary/aromatic N) is 3. The molecular formula is C26H33N3O3. The summed E-state index contributed by atoms with van der Waals surface area (Å²) in [5, 5.41) is 20.5. The minimum atomic E-state index is -0.542. The van der Waals surface area contributed by atoms with Crippen LogP contribution in [-0.4, -0.2) is 60.9 Å². The molecule has 1 N–H and O–H groups in total. The molecule has 1 aromatic rings. The number of rotatable bonds is 3. The number of ether oxygens (including phenoxy) is 1. The standard InChI is InChI=1S/C26H33N3O3/c1-17-4-3-5-19-14-22-23(24(30)26(17,19)2)21(25(31)32-22)16-28-10-12-29(13-11-28)20-8-6-18(15-27)7-9-20/h5-9,17,21-24,30H,3-4,10-14,16H2,1-2H3/t17-,21-,22+,23+,24-,26+/m0/s1. The molecule has 6 nitrogen and oxygen atoms in total. The number of fused-ring (bicyclic) bond motifs is 2. The van der Waals surface area contributed by atoms with Crippen LogP contribution >= 0.6 is 0 Å². The van der Waals surface area contributed by atoms with Gasteiger partial charge in [-0.15, -0.1) is 0 Å². The highest BCUT2D eigenvalue weighted by molar-refractivity contribution is 5.76. The highest BCUT2D eigenvalue weighted by Crippen LogP contribution is 2.56. The maximum atomic E-state index is 12.9. The Morgan fingerprint density at radius 2 is 1.94 bits per heavy atom. The first-order valence-corrected chi connectivity index (χ1v) is 12.0. The van der Waals surface area contributed by atoms with E-state index in [2.05, 4.69) is 35.8 Å². The molecule has 32 heavy (non-hydrogen) atoms. The average molecular weight is 436 g/mol. The number of allylic oxidation sites excluding steroid dienone is 1. The minimum absolute atomic E-state index is 0.123. The van der Waals surface area contributed by atoms with Crippen molar-refractivity contribution in [1.82, 2.24) is 4.90 Å². The smallest absolute Gasteiger partial charge is 0.311 e. The molecular weight excluding hydrogens is 402 g/mol. The van der Waals surface area contributed by atoms with Gasteiger partial charge in [0.25, 0.3) is 0 Å². The Bertz CT molecular complexity index is 944. The van der Waals surface area contributed by atoms with E-state index in [1.807, 2.05) is 24.3 Å². The molecule has 2 saturated heterocycles. The van der Waals surface area contributed by atoms with Crippen LogP contribution in [-0.2, 0) is 9.53 Å². The lowest BCUT2D eigenvalue weighted by molar-refractivity contribution is -0.145. The van der Waals surface area contributed by atoms with Gasteiger partial charge in [-0.25, -0.2) is 0 Å². The van der Waals surface area contributed by atoms with E-state index in [4.69, 9.17) is 10.00 Å². The topological polar surface area (TPSA) is 76.8 Å². The second kappa shape index (κ2) is 8.20. The third-order valence-electron chi connectivity index (χ3n) is 8.76. The summed E-state index contributed by atoms with van der Waals surface area (Å²) in [5.74, 6) is -0.111. The minimum Gasteiger partial charge on any atom is -0.461 e. The Labute approximate surface area is 190 Å². The summed E-state index contributed by atoms with van der Waals surface area (Å²) in [4.78, 5) is 17.6. The van der Waals surface area contributed by atoms with Crippen LogP contribution in [0, 0.1) is 34.5 Å². The van der Waals surface area contributed by atoms with E-state index < -0.39 is 6.10 Å². The van der Waals surface area contributed by atoms with E-state index in [1.165, 1.54) is 5.57 Å². The van der Waals surface area contributed by atoms with Crippen molar-refractivity contribution in [3.63, 3.8) is 0 Å². The van der Waals surface area contributed by atoms with Crippen LogP contribution in [0.2, 0.25) is 0 Å². The summed E-state index contributed by atoms with van der Waals surface area (Å²) in [7, 11) is 0. The van der Waals surface area contributed by atoms with Gasteiger partial charge in [-0.1, -0.05) is 25.5 Å². The lowest BCUT2D eigenvalue weighted by Crippen LogP contribution is -2.55. The van der Waals surface area contributed by atoms with Gasteiger partial charge in [-0.3, -0.25) is 9.69 Å². The van der Waals surface area contributed by atoms with Crippen molar-refractivity contribution in [2.45, 2.75) is 45.3 Å². The van der Waals surface area contributed by atoms with Gasteiger partial charge in [0.05, 0.1) is 23.7 Å². The molecule has 0 amide bonds. The van der Waals surface area contributed by atoms with Crippen LogP contribution in [0.1, 0.15) is 38.7 Å². The van der Waals surface area contributed by atoms with Crippen molar-refractivity contribution in [1.29, 1.82) is 5.26 Å². The third kappa shape index (κ3) is 3.43. The van der Waals surface area contributed by atoms with Gasteiger partial charge in [0.2, 0.25) is 0 Å². The third-order valence-corrected chi connectivity index (χ3v) is 8.76. The van der Waals surface area contributed by atoms with Crippen LogP contribution in [0.25, 0.3) is 0 Å². The zero-order valence-corrected chi connectivity index (χ0v) is 19.0. The maximum absolute atomic E-state index is 12.9. The van der Waals surface area contributed by atoms with Crippen molar-refractivity contribution < 1.29 is 14.6 Å². The summed E-state index contributed by atoms with van der Waals surface area (Å²) in [6, 6.07) is 9.88. The number of hydrogen-bond acceptors (Lipinski definition) is 6. The monoisotopic (exact) mass is 435 g/mol. The first-order chi connectivity index (χ1) is 15.4. The van der Waals surface area contributed by atoms with Crippen molar-refractivity contribution >= 4 is 11.7 Å². The van der Waals surface area contributed by atoms with Crippen LogP contribution in [0.4, 0.5) is 5.69 Å². The van der Waals surface area contributed by atoms with Crippen molar-refractivity contribution in [3.8, 4) is 6.07 Å². The van der Waals surface area contributed by atoms with Gasteiger partial charge in [0.1, 0.15) is 6.10 Å². The molecule has 0 radical (unpaired) electrons. The molecule has 2 heterocycles. The molecule has 0 aromatic heterocycles. The van der Waals surface area contributed by atoms with Crippen molar-refractivity contribution in [2.75, 3.05) is 37.6 Å². The lowest BCUT2D eigenvalue weighted by Gasteiger charge is -2.52. The Balaban J connectivity index is 1.26. The highest BCUT2D eigenvalue weighted by Gasteiger charge is 2.59. The maximum Gasteiger partial charge on any atom is 0.311 e. The van der Waals surface area contributed by atoms with Crippen LogP contribution in [0.3, 0.4) is 0 Å². The number of carbonyl (C=O) groups is 1. The summed E-state index contributed by atoms with van der Waals surface area (Å²) in [6.07, 6.45) is 4.47. The van der Waals surface area contributed by atoms with E-state index in [0.717, 1.165) is 51.1 Å². The summed E-state index contributed by atoms with van der Waals surface area (Å²) >= 11 is 0.